The summed E-state index contributed by atoms with van der Waals surface area (Å²) in [5.74, 6) is -7.21. The van der Waals surface area contributed by atoms with Gasteiger partial charge < -0.3 is 5.11 Å². The molecule has 1 atom stereocenters. The molecule has 21 heavy (non-hydrogen) atoms. The average Bonchev–Trinajstić information content (AvgIpc) is 2.59. The third-order valence-electron chi connectivity index (χ3n) is 2.48. The van der Waals surface area contributed by atoms with E-state index in [1.807, 2.05) is 0 Å². The minimum absolute atomic E-state index is 0.333. The van der Waals surface area contributed by atoms with E-state index in [1.165, 1.54) is 6.92 Å². The van der Waals surface area contributed by atoms with Gasteiger partial charge in [0.1, 0.15) is 0 Å². The Morgan fingerprint density at radius 1 is 1.24 bits per heavy atom. The maximum atomic E-state index is 12.6. The molecule has 0 radical (unpaired) electrons. The number of hydrogen-bond acceptors (Lipinski definition) is 4. The predicted octanol–water partition coefficient (Wildman–Crippen LogP) is 1.99. The largest absolute Gasteiger partial charge is 0.481 e. The standard InChI is InChI=1S/C9H10F6N4O2/c1-4(2-5(20)21)3-19-7(16-17-18-19)6(8(10,11)12)9(13,14)15/h4,6H,2-3H2,1H3,(H,20,21). The summed E-state index contributed by atoms with van der Waals surface area (Å²) in [6.45, 7) is 0.868. The Labute approximate surface area is 113 Å². The molecule has 1 heterocycles. The molecule has 0 aromatic carbocycles. The fraction of sp³-hybridized carbons (Fsp3) is 0.778. The molecule has 0 aliphatic heterocycles. The lowest BCUT2D eigenvalue weighted by atomic mass is 10.1. The van der Waals surface area contributed by atoms with Gasteiger partial charge in [0.25, 0.3) is 0 Å². The molecule has 6 nitrogen and oxygen atoms in total. The number of rotatable bonds is 5. The van der Waals surface area contributed by atoms with Crippen LogP contribution >= 0.6 is 0 Å². The molecule has 1 unspecified atom stereocenters. The van der Waals surface area contributed by atoms with Gasteiger partial charge in [0.15, 0.2) is 5.82 Å². The summed E-state index contributed by atoms with van der Waals surface area (Å²) in [7, 11) is 0. The molecular formula is C9H10F6N4O2. The first-order valence-corrected chi connectivity index (χ1v) is 5.54. The second-order valence-corrected chi connectivity index (χ2v) is 4.44. The zero-order valence-corrected chi connectivity index (χ0v) is 10.5. The number of carbonyl (C=O) groups is 1. The zero-order chi connectivity index (χ0) is 16.4. The summed E-state index contributed by atoms with van der Waals surface area (Å²) in [6.07, 6.45) is -11.7. The highest BCUT2D eigenvalue weighted by atomic mass is 19.4. The van der Waals surface area contributed by atoms with E-state index < -0.39 is 48.9 Å². The van der Waals surface area contributed by atoms with Gasteiger partial charge in [-0.25, -0.2) is 4.68 Å². The number of alkyl halides is 6. The van der Waals surface area contributed by atoms with Gasteiger partial charge in [-0.3, -0.25) is 4.79 Å². The minimum Gasteiger partial charge on any atom is -0.481 e. The molecule has 120 valence electrons. The molecule has 1 aromatic heterocycles. The van der Waals surface area contributed by atoms with Crippen LogP contribution in [0.5, 0.6) is 0 Å². The van der Waals surface area contributed by atoms with Gasteiger partial charge in [-0.15, -0.1) is 5.10 Å². The molecule has 0 fully saturated rings. The Morgan fingerprint density at radius 2 is 1.76 bits per heavy atom. The molecule has 0 saturated carbocycles. The first-order valence-electron chi connectivity index (χ1n) is 5.54. The van der Waals surface area contributed by atoms with Crippen LogP contribution in [0.15, 0.2) is 0 Å². The number of hydrogen-bond donors (Lipinski definition) is 1. The lowest BCUT2D eigenvalue weighted by Gasteiger charge is -2.22. The highest BCUT2D eigenvalue weighted by Crippen LogP contribution is 2.45. The number of carboxylic acids is 1. The Bertz CT molecular complexity index is 483. The second kappa shape index (κ2) is 5.85. The van der Waals surface area contributed by atoms with Crippen molar-refractivity contribution in [3.05, 3.63) is 5.82 Å². The van der Waals surface area contributed by atoms with E-state index in [9.17, 15) is 31.1 Å². The highest BCUT2D eigenvalue weighted by molar-refractivity contribution is 5.66. The van der Waals surface area contributed by atoms with E-state index in [-0.39, 0.29) is 0 Å². The van der Waals surface area contributed by atoms with Crippen molar-refractivity contribution in [2.45, 2.75) is 38.2 Å². The van der Waals surface area contributed by atoms with Crippen molar-refractivity contribution in [3.8, 4) is 0 Å². The van der Waals surface area contributed by atoms with Crippen LogP contribution in [0.25, 0.3) is 0 Å². The molecule has 1 aromatic rings. The van der Waals surface area contributed by atoms with Gasteiger partial charge in [-0.05, 0) is 16.3 Å². The average molecular weight is 320 g/mol. The number of aromatic nitrogens is 4. The van der Waals surface area contributed by atoms with Crippen LogP contribution in [-0.2, 0) is 11.3 Å². The third-order valence-corrected chi connectivity index (χ3v) is 2.48. The van der Waals surface area contributed by atoms with E-state index in [1.54, 1.807) is 0 Å². The molecule has 0 aliphatic carbocycles. The smallest absolute Gasteiger partial charge is 0.407 e. The maximum Gasteiger partial charge on any atom is 0.407 e. The minimum atomic E-state index is -5.61. The van der Waals surface area contributed by atoms with Crippen LogP contribution < -0.4 is 0 Å². The molecule has 0 saturated heterocycles. The van der Waals surface area contributed by atoms with E-state index in [4.69, 9.17) is 5.11 Å². The summed E-state index contributed by atoms with van der Waals surface area (Å²) >= 11 is 0. The maximum absolute atomic E-state index is 12.6. The first kappa shape index (κ1) is 17.2. The van der Waals surface area contributed by atoms with Crippen LogP contribution in [0.1, 0.15) is 25.1 Å². The molecule has 0 amide bonds. The normalized spacial score (nSPS) is 14.5. The number of carboxylic acid groups (broad SMARTS) is 1. The lowest BCUT2D eigenvalue weighted by molar-refractivity contribution is -0.256. The number of aliphatic carboxylic acids is 1. The molecule has 0 aliphatic rings. The monoisotopic (exact) mass is 320 g/mol. The van der Waals surface area contributed by atoms with E-state index >= 15 is 0 Å². The molecule has 0 bridgehead atoms. The van der Waals surface area contributed by atoms with Crippen molar-refractivity contribution in [1.82, 2.24) is 20.2 Å². The van der Waals surface area contributed by atoms with E-state index in [0.29, 0.717) is 4.68 Å². The van der Waals surface area contributed by atoms with Crippen molar-refractivity contribution < 1.29 is 36.2 Å². The Balaban J connectivity index is 3.08. The third kappa shape index (κ3) is 4.56. The first-order chi connectivity index (χ1) is 9.43. The number of tetrazole rings is 1. The van der Waals surface area contributed by atoms with Crippen LogP contribution in [0.2, 0.25) is 0 Å². The van der Waals surface area contributed by atoms with Gasteiger partial charge in [0, 0.05) is 13.0 Å². The van der Waals surface area contributed by atoms with Gasteiger partial charge in [0.2, 0.25) is 5.92 Å². The summed E-state index contributed by atoms with van der Waals surface area (Å²) < 4.78 is 75.8. The Morgan fingerprint density at radius 3 is 2.19 bits per heavy atom. The number of nitrogens with zero attached hydrogens (tertiary/aromatic N) is 4. The Hall–Kier alpha value is -1.88. The predicted molar refractivity (Wildman–Crippen MR) is 54.1 cm³/mol. The van der Waals surface area contributed by atoms with E-state index in [0.717, 1.165) is 0 Å². The topological polar surface area (TPSA) is 80.9 Å². The number of halogens is 6. The van der Waals surface area contributed by atoms with Crippen molar-refractivity contribution in [3.63, 3.8) is 0 Å². The van der Waals surface area contributed by atoms with Crippen molar-refractivity contribution in [2.24, 2.45) is 5.92 Å². The molecular weight excluding hydrogens is 310 g/mol. The van der Waals surface area contributed by atoms with E-state index in [2.05, 4.69) is 15.5 Å². The van der Waals surface area contributed by atoms with Crippen molar-refractivity contribution in [1.29, 1.82) is 0 Å². The fourth-order valence-electron chi connectivity index (χ4n) is 1.68. The van der Waals surface area contributed by atoms with Crippen molar-refractivity contribution in [2.75, 3.05) is 0 Å². The second-order valence-electron chi connectivity index (χ2n) is 4.44. The molecule has 1 rings (SSSR count). The van der Waals surface area contributed by atoms with Crippen LogP contribution in [0.3, 0.4) is 0 Å². The summed E-state index contributed by atoms with van der Waals surface area (Å²) in [5, 5.41) is 17.2. The zero-order valence-electron chi connectivity index (χ0n) is 10.5. The fourth-order valence-corrected chi connectivity index (χ4v) is 1.68. The highest BCUT2D eigenvalue weighted by Gasteiger charge is 2.60. The van der Waals surface area contributed by atoms with Crippen LogP contribution in [0.4, 0.5) is 26.3 Å². The van der Waals surface area contributed by atoms with Gasteiger partial charge in [-0.2, -0.15) is 26.3 Å². The van der Waals surface area contributed by atoms with Crippen LogP contribution in [-0.4, -0.2) is 43.6 Å². The molecule has 0 spiro atoms. The lowest BCUT2D eigenvalue weighted by Crippen LogP contribution is -2.36. The van der Waals surface area contributed by atoms with Gasteiger partial charge in [0.05, 0.1) is 0 Å². The Kier molecular flexibility index (Phi) is 4.79. The summed E-state index contributed by atoms with van der Waals surface area (Å²) in [6, 6.07) is 0. The van der Waals surface area contributed by atoms with Gasteiger partial charge >= 0.3 is 18.3 Å². The summed E-state index contributed by atoms with van der Waals surface area (Å²) in [4.78, 5) is 10.5. The molecule has 1 N–H and O–H groups in total. The summed E-state index contributed by atoms with van der Waals surface area (Å²) in [5.41, 5.74) is 0. The van der Waals surface area contributed by atoms with Crippen molar-refractivity contribution >= 4 is 5.97 Å². The van der Waals surface area contributed by atoms with Crippen LogP contribution in [0, 0.1) is 5.92 Å². The SMILES string of the molecule is CC(CC(=O)O)Cn1nnnc1C(C(F)(F)F)C(F)(F)F. The van der Waals surface area contributed by atoms with Gasteiger partial charge in [-0.1, -0.05) is 6.92 Å². The molecule has 12 heteroatoms. The quantitative estimate of drug-likeness (QED) is 0.839.